The van der Waals surface area contributed by atoms with Crippen molar-refractivity contribution in [3.63, 3.8) is 0 Å². The predicted molar refractivity (Wildman–Crippen MR) is 57.9 cm³/mol. The Morgan fingerprint density at radius 2 is 1.94 bits per heavy atom. The average Bonchev–Trinajstić information content (AvgIpc) is 2.27. The van der Waals surface area contributed by atoms with Gasteiger partial charge in [0.25, 0.3) is 0 Å². The normalized spacial score (nSPS) is 12.8. The van der Waals surface area contributed by atoms with E-state index in [1.54, 1.807) is 12.1 Å². The van der Waals surface area contributed by atoms with E-state index in [0.29, 0.717) is 17.8 Å². The molecule has 0 saturated carbocycles. The van der Waals surface area contributed by atoms with Crippen LogP contribution in [0.2, 0.25) is 0 Å². The summed E-state index contributed by atoms with van der Waals surface area (Å²) >= 11 is 0. The molecule has 1 aromatic carbocycles. The van der Waals surface area contributed by atoms with Gasteiger partial charge in [0.05, 0.1) is 16.8 Å². The number of aromatic carboxylic acids is 2. The van der Waals surface area contributed by atoms with Gasteiger partial charge in [0, 0.05) is 6.54 Å². The fraction of sp³-hybridized carbons (Fsp3) is 0.0909. The third-order valence-electron chi connectivity index (χ3n) is 2.38. The Morgan fingerprint density at radius 3 is 2.56 bits per heavy atom. The van der Waals surface area contributed by atoms with Crippen LogP contribution in [0.4, 0.5) is 5.69 Å². The monoisotopic (exact) mass is 219 g/mol. The second-order valence-electron chi connectivity index (χ2n) is 3.35. The van der Waals surface area contributed by atoms with Crippen LogP contribution in [0.15, 0.2) is 18.2 Å². The van der Waals surface area contributed by atoms with Crippen LogP contribution in [-0.4, -0.2) is 28.7 Å². The van der Waals surface area contributed by atoms with E-state index in [0.717, 1.165) is 0 Å². The standard InChI is InChI=1S/C11H9NO4/c13-10(14)7-4-3-6-2-1-5-12-9(6)8(7)11(15)16/h1-4,12H,5H2,(H,13,14)(H,15,16). The fourth-order valence-electron chi connectivity index (χ4n) is 1.70. The van der Waals surface area contributed by atoms with Crippen LogP contribution >= 0.6 is 0 Å². The lowest BCUT2D eigenvalue weighted by molar-refractivity contribution is 0.0652. The molecule has 0 saturated heterocycles. The Labute approximate surface area is 91.0 Å². The summed E-state index contributed by atoms with van der Waals surface area (Å²) in [7, 11) is 0. The molecule has 0 spiro atoms. The van der Waals surface area contributed by atoms with Crippen molar-refractivity contribution in [3.8, 4) is 0 Å². The number of anilines is 1. The van der Waals surface area contributed by atoms with E-state index >= 15 is 0 Å². The van der Waals surface area contributed by atoms with Crippen LogP contribution in [0.5, 0.6) is 0 Å². The highest BCUT2D eigenvalue weighted by Crippen LogP contribution is 2.28. The Hall–Kier alpha value is -2.30. The zero-order chi connectivity index (χ0) is 11.7. The first kappa shape index (κ1) is 10.2. The summed E-state index contributed by atoms with van der Waals surface area (Å²) in [5.74, 6) is -2.48. The Kier molecular flexibility index (Phi) is 2.36. The SMILES string of the molecule is O=C(O)c1ccc2c(c1C(=O)O)NCC=C2. The summed E-state index contributed by atoms with van der Waals surface area (Å²) in [6.45, 7) is 0.496. The maximum atomic E-state index is 11.1. The summed E-state index contributed by atoms with van der Waals surface area (Å²) in [5, 5.41) is 20.8. The zero-order valence-electron chi connectivity index (χ0n) is 8.23. The highest BCUT2D eigenvalue weighted by molar-refractivity contribution is 6.07. The van der Waals surface area contributed by atoms with Gasteiger partial charge in [-0.2, -0.15) is 0 Å². The molecule has 0 aliphatic carbocycles. The van der Waals surface area contributed by atoms with Crippen molar-refractivity contribution in [1.82, 2.24) is 0 Å². The predicted octanol–water partition coefficient (Wildman–Crippen LogP) is 1.52. The van der Waals surface area contributed by atoms with E-state index < -0.39 is 11.9 Å². The Bertz CT molecular complexity index is 505. The molecule has 1 heterocycles. The molecule has 3 N–H and O–H groups in total. The van der Waals surface area contributed by atoms with Gasteiger partial charge in [-0.3, -0.25) is 0 Å². The van der Waals surface area contributed by atoms with Crippen molar-refractivity contribution in [2.75, 3.05) is 11.9 Å². The number of hydrogen-bond donors (Lipinski definition) is 3. The lowest BCUT2D eigenvalue weighted by atomic mass is 9.98. The molecule has 0 bridgehead atoms. The lowest BCUT2D eigenvalue weighted by Crippen LogP contribution is -2.15. The third kappa shape index (κ3) is 1.52. The molecule has 0 amide bonds. The van der Waals surface area contributed by atoms with Gasteiger partial charge in [-0.25, -0.2) is 9.59 Å². The van der Waals surface area contributed by atoms with Gasteiger partial charge in [0.2, 0.25) is 0 Å². The molecule has 0 unspecified atom stereocenters. The minimum Gasteiger partial charge on any atom is -0.478 e. The summed E-state index contributed by atoms with van der Waals surface area (Å²) in [6.07, 6.45) is 3.61. The lowest BCUT2D eigenvalue weighted by Gasteiger charge is -2.16. The molecule has 5 nitrogen and oxygen atoms in total. The molecule has 82 valence electrons. The van der Waals surface area contributed by atoms with Crippen molar-refractivity contribution in [1.29, 1.82) is 0 Å². The van der Waals surface area contributed by atoms with Gasteiger partial charge < -0.3 is 15.5 Å². The molecule has 2 rings (SSSR count). The van der Waals surface area contributed by atoms with Gasteiger partial charge >= 0.3 is 11.9 Å². The van der Waals surface area contributed by atoms with Gasteiger partial charge in [0.15, 0.2) is 0 Å². The maximum absolute atomic E-state index is 11.1. The summed E-state index contributed by atoms with van der Waals surface area (Å²) < 4.78 is 0. The smallest absolute Gasteiger partial charge is 0.338 e. The number of hydrogen-bond acceptors (Lipinski definition) is 3. The number of carbonyl (C=O) groups is 2. The second-order valence-corrected chi connectivity index (χ2v) is 3.35. The first-order chi connectivity index (χ1) is 7.61. The maximum Gasteiger partial charge on any atom is 0.338 e. The highest BCUT2D eigenvalue weighted by atomic mass is 16.4. The molecule has 0 atom stereocenters. The van der Waals surface area contributed by atoms with Crippen molar-refractivity contribution in [2.45, 2.75) is 0 Å². The van der Waals surface area contributed by atoms with Gasteiger partial charge in [-0.1, -0.05) is 18.2 Å². The minimum absolute atomic E-state index is 0.186. The second kappa shape index (κ2) is 3.69. The summed E-state index contributed by atoms with van der Waals surface area (Å²) in [6, 6.07) is 2.90. The molecule has 0 radical (unpaired) electrons. The molecule has 16 heavy (non-hydrogen) atoms. The fourth-order valence-corrected chi connectivity index (χ4v) is 1.70. The largest absolute Gasteiger partial charge is 0.478 e. The minimum atomic E-state index is -1.24. The van der Waals surface area contributed by atoms with E-state index in [1.165, 1.54) is 6.07 Å². The van der Waals surface area contributed by atoms with Crippen LogP contribution in [0.25, 0.3) is 6.08 Å². The van der Waals surface area contributed by atoms with Crippen LogP contribution < -0.4 is 5.32 Å². The van der Waals surface area contributed by atoms with Crippen molar-refractivity contribution >= 4 is 23.7 Å². The van der Waals surface area contributed by atoms with Gasteiger partial charge in [0.1, 0.15) is 0 Å². The zero-order valence-corrected chi connectivity index (χ0v) is 8.23. The first-order valence-electron chi connectivity index (χ1n) is 4.65. The van der Waals surface area contributed by atoms with Crippen molar-refractivity contribution in [2.24, 2.45) is 0 Å². The van der Waals surface area contributed by atoms with E-state index in [1.807, 2.05) is 6.08 Å². The van der Waals surface area contributed by atoms with E-state index in [4.69, 9.17) is 10.2 Å². The first-order valence-corrected chi connectivity index (χ1v) is 4.65. The van der Waals surface area contributed by atoms with Crippen molar-refractivity contribution < 1.29 is 19.8 Å². The highest BCUT2D eigenvalue weighted by Gasteiger charge is 2.22. The quantitative estimate of drug-likeness (QED) is 0.702. The number of carboxylic acid groups (broad SMARTS) is 2. The Morgan fingerprint density at radius 1 is 1.19 bits per heavy atom. The van der Waals surface area contributed by atoms with Gasteiger partial charge in [-0.15, -0.1) is 0 Å². The topological polar surface area (TPSA) is 86.6 Å². The van der Waals surface area contributed by atoms with E-state index in [2.05, 4.69) is 5.32 Å². The van der Waals surface area contributed by atoms with E-state index in [9.17, 15) is 9.59 Å². The molecule has 0 aromatic heterocycles. The number of rotatable bonds is 2. The number of carboxylic acids is 2. The van der Waals surface area contributed by atoms with Crippen LogP contribution in [0.1, 0.15) is 26.3 Å². The van der Waals surface area contributed by atoms with Gasteiger partial charge in [-0.05, 0) is 11.6 Å². The number of benzene rings is 1. The summed E-state index contributed by atoms with van der Waals surface area (Å²) in [5.41, 5.74) is 0.673. The van der Waals surface area contributed by atoms with Crippen molar-refractivity contribution in [3.05, 3.63) is 34.9 Å². The molecular formula is C11H9NO4. The number of fused-ring (bicyclic) bond motifs is 1. The number of nitrogens with one attached hydrogen (secondary N) is 1. The van der Waals surface area contributed by atoms with Crippen LogP contribution in [0, 0.1) is 0 Å². The summed E-state index contributed by atoms with van der Waals surface area (Å²) in [4.78, 5) is 22.0. The molecule has 1 aromatic rings. The Balaban J connectivity index is 2.72. The van der Waals surface area contributed by atoms with Crippen LogP contribution in [0.3, 0.4) is 0 Å². The molecule has 1 aliphatic heterocycles. The van der Waals surface area contributed by atoms with Crippen LogP contribution in [-0.2, 0) is 0 Å². The molecule has 0 fully saturated rings. The molecule has 1 aliphatic rings. The third-order valence-corrected chi connectivity index (χ3v) is 2.38. The average molecular weight is 219 g/mol. The van der Waals surface area contributed by atoms with E-state index in [-0.39, 0.29) is 11.1 Å². The molecular weight excluding hydrogens is 210 g/mol. The molecule has 5 heteroatoms.